The van der Waals surface area contributed by atoms with E-state index in [2.05, 4.69) is 0 Å². The lowest BCUT2D eigenvalue weighted by Gasteiger charge is -2.48. The highest BCUT2D eigenvalue weighted by molar-refractivity contribution is 4.97. The quantitative estimate of drug-likeness (QED) is 0.0905. The van der Waals surface area contributed by atoms with Gasteiger partial charge in [0.25, 0.3) is 0 Å². The van der Waals surface area contributed by atoms with Crippen LogP contribution in [0, 0.1) is 0 Å². The van der Waals surface area contributed by atoms with E-state index in [1.54, 1.807) is 13.0 Å². The summed E-state index contributed by atoms with van der Waals surface area (Å²) in [6.07, 6.45) is -23.1. The van der Waals surface area contributed by atoms with Crippen LogP contribution in [-0.4, -0.2) is 187 Å². The van der Waals surface area contributed by atoms with Gasteiger partial charge in [0, 0.05) is 0 Å². The Morgan fingerprint density at radius 2 is 1.07 bits per heavy atom. The Morgan fingerprint density at radius 3 is 1.55 bits per heavy atom. The van der Waals surface area contributed by atoms with Crippen LogP contribution >= 0.6 is 0 Å². The van der Waals surface area contributed by atoms with Gasteiger partial charge in [-0.2, -0.15) is 0 Å². The minimum absolute atomic E-state index is 0.297. The fraction of sp³-hybridized carbons (Fsp3) is 0.917. The van der Waals surface area contributed by atoms with Gasteiger partial charge in [-0.15, -0.1) is 0 Å². The maximum Gasteiger partial charge on any atom is 0.187 e. The topological polar surface area (TPSA) is 304 Å². The maximum absolute atomic E-state index is 10.8. The number of aliphatic hydroxyl groups is 11. The van der Waals surface area contributed by atoms with Crippen LogP contribution in [0.25, 0.3) is 0 Å². The first-order chi connectivity index (χ1) is 19.9. The van der Waals surface area contributed by atoms with Gasteiger partial charge in [0.05, 0.1) is 38.6 Å². The molecule has 3 rings (SSSR count). The Bertz CT molecular complexity index is 835. The predicted molar refractivity (Wildman–Crippen MR) is 134 cm³/mol. The molecule has 13 N–H and O–H groups in total. The molecular weight excluding hydrogens is 574 g/mol. The summed E-state index contributed by atoms with van der Waals surface area (Å²) in [6, 6.07) is -0.906. The molecule has 9 unspecified atom stereocenters. The summed E-state index contributed by atoms with van der Waals surface area (Å²) in [7, 11) is 0. The third-order valence-corrected chi connectivity index (χ3v) is 7.35. The van der Waals surface area contributed by atoms with E-state index in [0.717, 1.165) is 0 Å². The molecule has 0 bridgehead atoms. The molecular formula is C24H43NO17. The molecule has 3 aliphatic heterocycles. The highest BCUT2D eigenvalue weighted by Gasteiger charge is 2.53. The molecule has 17 atom stereocenters. The van der Waals surface area contributed by atoms with Crippen molar-refractivity contribution >= 4 is 0 Å². The minimum Gasteiger partial charge on any atom is -0.394 e. The molecule has 18 nitrogen and oxygen atoms in total. The van der Waals surface area contributed by atoms with Crippen LogP contribution in [0.4, 0.5) is 0 Å². The second-order valence-electron chi connectivity index (χ2n) is 10.3. The second-order valence-corrected chi connectivity index (χ2v) is 10.3. The Labute approximate surface area is 240 Å². The first-order valence-electron chi connectivity index (χ1n) is 13.4. The van der Waals surface area contributed by atoms with Gasteiger partial charge in [0.1, 0.15) is 73.2 Å². The molecule has 0 aliphatic carbocycles. The Morgan fingerprint density at radius 1 is 0.643 bits per heavy atom. The molecule has 0 saturated carbocycles. The molecule has 3 aliphatic rings. The van der Waals surface area contributed by atoms with Gasteiger partial charge in [-0.1, -0.05) is 12.2 Å². The van der Waals surface area contributed by atoms with Crippen LogP contribution in [0.2, 0.25) is 0 Å². The summed E-state index contributed by atoms with van der Waals surface area (Å²) in [5.41, 5.74) is 5.82. The van der Waals surface area contributed by atoms with Crippen molar-refractivity contribution in [3.8, 4) is 0 Å². The van der Waals surface area contributed by atoms with Gasteiger partial charge < -0.3 is 90.3 Å². The van der Waals surface area contributed by atoms with Gasteiger partial charge in [0.2, 0.25) is 0 Å². The molecule has 3 heterocycles. The largest absolute Gasteiger partial charge is 0.394 e. The van der Waals surface area contributed by atoms with Crippen LogP contribution in [-0.2, 0) is 28.4 Å². The van der Waals surface area contributed by atoms with E-state index in [0.29, 0.717) is 0 Å². The van der Waals surface area contributed by atoms with Crippen molar-refractivity contribution in [1.82, 2.24) is 0 Å². The number of rotatable bonds is 12. The van der Waals surface area contributed by atoms with E-state index in [-0.39, 0.29) is 6.61 Å². The zero-order valence-electron chi connectivity index (χ0n) is 22.7. The Balaban J connectivity index is 1.66. The van der Waals surface area contributed by atoms with Crippen molar-refractivity contribution in [1.29, 1.82) is 0 Å². The molecule has 0 amide bonds. The fourth-order valence-electron chi connectivity index (χ4n) is 4.83. The maximum atomic E-state index is 10.8. The lowest BCUT2D eigenvalue weighted by atomic mass is 9.96. The van der Waals surface area contributed by atoms with E-state index in [4.69, 9.17) is 34.2 Å². The third kappa shape index (κ3) is 7.80. The van der Waals surface area contributed by atoms with E-state index in [9.17, 15) is 56.2 Å². The van der Waals surface area contributed by atoms with E-state index in [1.807, 2.05) is 0 Å². The lowest BCUT2D eigenvalue weighted by molar-refractivity contribution is -0.379. The Kier molecular flexibility index (Phi) is 13.4. The standard InChI is InChI=1S/C24H43NO17/c1-2-3-9(29)8(25)7-37-22-18(35)15(32)20(11(5-27)39-22)42-24-19(36)16(33)21(12(6-28)40-24)41-23-17(34)14(31)13(30)10(4-26)38-23/h2-3,8-24,26-36H,4-7,25H2,1H3/b3-2+/t8-,9+,10?,11?,12?,13-,14?,15?,16?,17?,18?,19?,20+,21-,22+,23+,24-/m0/s1. The molecule has 0 aromatic carbocycles. The van der Waals surface area contributed by atoms with Crippen molar-refractivity contribution < 1.29 is 84.6 Å². The van der Waals surface area contributed by atoms with Crippen LogP contribution in [0.1, 0.15) is 6.92 Å². The third-order valence-electron chi connectivity index (χ3n) is 7.35. The first kappa shape index (κ1) is 35.5. The zero-order valence-corrected chi connectivity index (χ0v) is 22.7. The van der Waals surface area contributed by atoms with E-state index < -0.39 is 124 Å². The van der Waals surface area contributed by atoms with E-state index >= 15 is 0 Å². The average molecular weight is 618 g/mol. The van der Waals surface area contributed by atoms with Crippen molar-refractivity contribution in [2.24, 2.45) is 5.73 Å². The monoisotopic (exact) mass is 617 g/mol. The SMILES string of the molecule is C/C=C/[C@@H](O)[C@@H](N)CO[C@@H]1OC(CO)[C@@H](O[C@@H]2OC(CO)[C@H](O[C@H]3OC(CO)[C@H](O)C(O)C3O)C(O)C2O)C(O)C1O. The second kappa shape index (κ2) is 15.8. The average Bonchev–Trinajstić information content (AvgIpc) is 2.98. The van der Waals surface area contributed by atoms with E-state index in [1.165, 1.54) is 6.08 Å². The lowest BCUT2D eigenvalue weighted by Crippen LogP contribution is -2.66. The molecule has 0 aromatic rings. The van der Waals surface area contributed by atoms with Gasteiger partial charge >= 0.3 is 0 Å². The molecule has 3 fully saturated rings. The number of aliphatic hydroxyl groups excluding tert-OH is 11. The van der Waals surface area contributed by atoms with Gasteiger partial charge in [0.15, 0.2) is 18.9 Å². The van der Waals surface area contributed by atoms with Crippen molar-refractivity contribution in [2.75, 3.05) is 26.4 Å². The summed E-state index contributed by atoms with van der Waals surface area (Å²) in [6.45, 7) is -0.976. The molecule has 42 heavy (non-hydrogen) atoms. The Hall–Kier alpha value is -0.980. The van der Waals surface area contributed by atoms with Crippen molar-refractivity contribution in [3.05, 3.63) is 12.2 Å². The van der Waals surface area contributed by atoms with Crippen molar-refractivity contribution in [3.63, 3.8) is 0 Å². The summed E-state index contributed by atoms with van der Waals surface area (Å²) in [5.74, 6) is 0. The number of hydrogen-bond acceptors (Lipinski definition) is 18. The van der Waals surface area contributed by atoms with Crippen LogP contribution in [0.15, 0.2) is 12.2 Å². The normalized spacial score (nSPS) is 46.5. The molecule has 18 heteroatoms. The summed E-state index contributed by atoms with van der Waals surface area (Å²) in [4.78, 5) is 0. The number of hydrogen-bond donors (Lipinski definition) is 12. The summed E-state index contributed by atoms with van der Waals surface area (Å²) in [5, 5.41) is 112. The van der Waals surface area contributed by atoms with Gasteiger partial charge in [-0.3, -0.25) is 0 Å². The number of nitrogens with two attached hydrogens (primary N) is 1. The highest BCUT2D eigenvalue weighted by atomic mass is 16.8. The molecule has 0 radical (unpaired) electrons. The van der Waals surface area contributed by atoms with Gasteiger partial charge in [-0.25, -0.2) is 0 Å². The predicted octanol–water partition coefficient (Wildman–Crippen LogP) is -7.28. The number of allylic oxidation sites excluding steroid dienone is 1. The summed E-state index contributed by atoms with van der Waals surface area (Å²) >= 11 is 0. The smallest absolute Gasteiger partial charge is 0.187 e. The molecule has 0 aromatic heterocycles. The molecule has 246 valence electrons. The fourth-order valence-corrected chi connectivity index (χ4v) is 4.83. The number of ether oxygens (including phenoxy) is 6. The summed E-state index contributed by atoms with van der Waals surface area (Å²) < 4.78 is 32.7. The first-order valence-corrected chi connectivity index (χ1v) is 13.4. The molecule has 0 spiro atoms. The van der Waals surface area contributed by atoms with Gasteiger partial charge in [-0.05, 0) is 6.92 Å². The zero-order chi connectivity index (χ0) is 31.3. The van der Waals surface area contributed by atoms with Crippen molar-refractivity contribution in [2.45, 2.75) is 111 Å². The molecule has 3 saturated heterocycles. The minimum atomic E-state index is -1.94. The van der Waals surface area contributed by atoms with Crippen LogP contribution < -0.4 is 5.73 Å². The van der Waals surface area contributed by atoms with Crippen LogP contribution in [0.5, 0.6) is 0 Å². The highest BCUT2D eigenvalue weighted by Crippen LogP contribution is 2.32. The van der Waals surface area contributed by atoms with Crippen LogP contribution in [0.3, 0.4) is 0 Å².